The molecule has 0 saturated carbocycles. The number of aromatic amines is 1. The molecule has 14 heteroatoms. The Morgan fingerprint density at radius 3 is 2.63 bits per heavy atom. The van der Waals surface area contributed by atoms with Gasteiger partial charge in [0.2, 0.25) is 11.7 Å². The van der Waals surface area contributed by atoms with Gasteiger partial charge in [0.15, 0.2) is 6.23 Å². The van der Waals surface area contributed by atoms with E-state index in [-0.39, 0.29) is 5.92 Å². The van der Waals surface area contributed by atoms with Crippen LogP contribution >= 0.6 is 0 Å². The summed E-state index contributed by atoms with van der Waals surface area (Å²) in [6.07, 6.45) is -3.23. The molecule has 2 rings (SSSR count). The third-order valence-electron chi connectivity index (χ3n) is 6.00. The highest BCUT2D eigenvalue weighted by atomic mass is 19.1. The van der Waals surface area contributed by atoms with Gasteiger partial charge in [0, 0.05) is 0 Å². The number of amides is 1. The lowest BCUT2D eigenvalue weighted by Gasteiger charge is -2.25. The second-order valence-corrected chi connectivity index (χ2v) is 8.58. The summed E-state index contributed by atoms with van der Waals surface area (Å²) in [5.74, 6) is -2.92. The van der Waals surface area contributed by atoms with Crippen molar-refractivity contribution in [2.75, 3.05) is 13.2 Å². The number of unbranched alkanes of at least 4 members (excludes halogenated alkanes) is 1. The van der Waals surface area contributed by atoms with Gasteiger partial charge in [-0.3, -0.25) is 19.1 Å². The van der Waals surface area contributed by atoms with Crippen molar-refractivity contribution >= 4 is 11.9 Å². The molecule has 0 spiro atoms. The Kier molecular flexibility index (Phi) is 10.5. The molecule has 2 heterocycles. The molecule has 1 aromatic rings. The number of nitrogens with one attached hydrogen (secondary N) is 2. The molecule has 0 aromatic carbocycles. The summed E-state index contributed by atoms with van der Waals surface area (Å²) in [5.41, 5.74) is 9.02. The number of hydrogen-bond acceptors (Lipinski definition) is 10. The van der Waals surface area contributed by atoms with Gasteiger partial charge in [0.25, 0.3) is 5.56 Å². The minimum Gasteiger partial charge on any atom is -0.461 e. The monoisotopic (exact) mass is 503 g/mol. The van der Waals surface area contributed by atoms with Gasteiger partial charge in [-0.1, -0.05) is 26.7 Å². The van der Waals surface area contributed by atoms with Crippen molar-refractivity contribution < 1.29 is 33.7 Å². The Hall–Kier alpha value is -2.65. The van der Waals surface area contributed by atoms with E-state index in [9.17, 15) is 33.8 Å². The van der Waals surface area contributed by atoms with Crippen LogP contribution < -0.4 is 28.0 Å². The number of rotatable bonds is 12. The molecule has 198 valence electrons. The molecule has 1 aromatic heterocycles. The summed E-state index contributed by atoms with van der Waals surface area (Å²) in [4.78, 5) is 50.1. The van der Waals surface area contributed by atoms with Crippen molar-refractivity contribution in [1.29, 1.82) is 0 Å². The Balaban J connectivity index is 2.04. The molecule has 1 saturated heterocycles. The summed E-state index contributed by atoms with van der Waals surface area (Å²) >= 11 is 0. The second kappa shape index (κ2) is 12.9. The Morgan fingerprint density at radius 2 is 2.00 bits per heavy atom. The molecule has 8 N–H and O–H groups in total. The van der Waals surface area contributed by atoms with Gasteiger partial charge in [-0.05, 0) is 25.3 Å². The van der Waals surface area contributed by atoms with Crippen molar-refractivity contribution in [2.24, 2.45) is 17.4 Å². The lowest BCUT2D eigenvalue weighted by molar-refractivity contribution is -0.155. The summed E-state index contributed by atoms with van der Waals surface area (Å²) in [6.45, 7) is 3.51. The van der Waals surface area contributed by atoms with Gasteiger partial charge in [-0.25, -0.2) is 9.59 Å². The van der Waals surface area contributed by atoms with E-state index in [1.165, 1.54) is 0 Å². The Labute approximate surface area is 200 Å². The van der Waals surface area contributed by atoms with E-state index in [1.807, 2.05) is 6.92 Å². The standard InChI is InChI=1S/C21H34FN5O8/c1-3-10(2)14(25-18(31)12(24)6-4-5-7-23)20(32)34-9-13-15(28)16(29)19(35-13)27-8-11(22)17(30)26-21(27)33/h8,10,12-16,19,28-29H,3-7,9,23-24H2,1-2H3,(H,25,31)(H,26,30,33)/t10-,12-,13+,14-,15+,16+,19+/m0/s1. The molecular weight excluding hydrogens is 469 g/mol. The zero-order valence-electron chi connectivity index (χ0n) is 19.7. The van der Waals surface area contributed by atoms with Crippen LogP contribution in [-0.2, 0) is 19.1 Å². The third kappa shape index (κ3) is 7.18. The van der Waals surface area contributed by atoms with E-state index in [0.29, 0.717) is 43.0 Å². The maximum Gasteiger partial charge on any atom is 0.330 e. The lowest BCUT2D eigenvalue weighted by Crippen LogP contribution is -2.52. The van der Waals surface area contributed by atoms with Crippen LogP contribution in [0.15, 0.2) is 15.8 Å². The van der Waals surface area contributed by atoms with Crippen molar-refractivity contribution in [3.63, 3.8) is 0 Å². The summed E-state index contributed by atoms with van der Waals surface area (Å²) in [6, 6.07) is -1.85. The van der Waals surface area contributed by atoms with Gasteiger partial charge in [0.05, 0.1) is 12.2 Å². The van der Waals surface area contributed by atoms with Crippen molar-refractivity contribution in [1.82, 2.24) is 14.9 Å². The Bertz CT molecular complexity index is 985. The number of nitrogens with zero attached hydrogens (tertiary/aromatic N) is 1. The molecule has 35 heavy (non-hydrogen) atoms. The zero-order valence-corrected chi connectivity index (χ0v) is 19.7. The van der Waals surface area contributed by atoms with Crippen LogP contribution in [0.2, 0.25) is 0 Å². The maximum absolute atomic E-state index is 13.6. The zero-order chi connectivity index (χ0) is 26.3. The number of carbonyl (C=O) groups is 2. The first kappa shape index (κ1) is 28.6. The fourth-order valence-electron chi connectivity index (χ4n) is 3.57. The van der Waals surface area contributed by atoms with Crippen LogP contribution in [0.5, 0.6) is 0 Å². The number of aromatic nitrogens is 2. The van der Waals surface area contributed by atoms with E-state index < -0.39 is 72.2 Å². The molecule has 13 nitrogen and oxygen atoms in total. The van der Waals surface area contributed by atoms with Gasteiger partial charge >= 0.3 is 11.7 Å². The average Bonchev–Trinajstić information content (AvgIpc) is 3.11. The fraction of sp³-hybridized carbons (Fsp3) is 0.714. The minimum absolute atomic E-state index is 0.307. The Morgan fingerprint density at radius 1 is 1.31 bits per heavy atom. The second-order valence-electron chi connectivity index (χ2n) is 8.58. The van der Waals surface area contributed by atoms with Gasteiger partial charge in [-0.15, -0.1) is 0 Å². The maximum atomic E-state index is 13.6. The third-order valence-corrected chi connectivity index (χ3v) is 6.00. The van der Waals surface area contributed by atoms with Crippen molar-refractivity contribution in [2.45, 2.75) is 76.2 Å². The number of nitrogens with two attached hydrogens (primary N) is 2. The quantitative estimate of drug-likeness (QED) is 0.134. The highest BCUT2D eigenvalue weighted by molar-refractivity contribution is 5.87. The van der Waals surface area contributed by atoms with Crippen molar-refractivity contribution in [3.05, 3.63) is 32.9 Å². The van der Waals surface area contributed by atoms with E-state index >= 15 is 0 Å². The smallest absolute Gasteiger partial charge is 0.330 e. The van der Waals surface area contributed by atoms with Crippen LogP contribution in [-0.4, -0.2) is 75.2 Å². The first-order valence-corrected chi connectivity index (χ1v) is 11.5. The number of halogens is 1. The van der Waals surface area contributed by atoms with Gasteiger partial charge in [0.1, 0.15) is 31.0 Å². The number of aliphatic hydroxyl groups is 2. The average molecular weight is 504 g/mol. The highest BCUT2D eigenvalue weighted by Gasteiger charge is 2.45. The van der Waals surface area contributed by atoms with E-state index in [2.05, 4.69) is 5.32 Å². The predicted molar refractivity (Wildman–Crippen MR) is 120 cm³/mol. The largest absolute Gasteiger partial charge is 0.461 e. The summed E-state index contributed by atoms with van der Waals surface area (Å²) < 4.78 is 24.9. The molecule has 1 aliphatic rings. The summed E-state index contributed by atoms with van der Waals surface area (Å²) in [7, 11) is 0. The summed E-state index contributed by atoms with van der Waals surface area (Å²) in [5, 5.41) is 23.2. The van der Waals surface area contributed by atoms with E-state index in [4.69, 9.17) is 20.9 Å². The lowest BCUT2D eigenvalue weighted by atomic mass is 9.98. The molecule has 0 bridgehead atoms. The van der Waals surface area contributed by atoms with Crippen molar-refractivity contribution in [3.8, 4) is 0 Å². The van der Waals surface area contributed by atoms with Crippen LogP contribution in [0.3, 0.4) is 0 Å². The normalized spacial score (nSPS) is 24.5. The molecular formula is C21H34FN5O8. The molecule has 1 amide bonds. The number of aliphatic hydroxyl groups excluding tert-OH is 2. The molecule has 0 radical (unpaired) electrons. The number of esters is 1. The SMILES string of the molecule is CC[C@H](C)[C@H](NC(=O)[C@@H](N)CCCCN)C(=O)OC[C@H]1O[C@@H](n2cc(F)c(=O)[nH]c2=O)[C@H](O)[C@@H]1O. The molecule has 0 unspecified atom stereocenters. The first-order chi connectivity index (χ1) is 16.5. The molecule has 7 atom stereocenters. The van der Waals surface area contributed by atoms with E-state index in [1.54, 1.807) is 11.9 Å². The van der Waals surface area contributed by atoms with Crippen LogP contribution in [0.25, 0.3) is 0 Å². The fourth-order valence-corrected chi connectivity index (χ4v) is 3.57. The highest BCUT2D eigenvalue weighted by Crippen LogP contribution is 2.28. The predicted octanol–water partition coefficient (Wildman–Crippen LogP) is -2.17. The first-order valence-electron chi connectivity index (χ1n) is 11.5. The van der Waals surface area contributed by atoms with Gasteiger partial charge < -0.3 is 36.5 Å². The number of hydrogen-bond donors (Lipinski definition) is 6. The van der Waals surface area contributed by atoms with Crippen LogP contribution in [0.4, 0.5) is 4.39 Å². The number of H-pyrrole nitrogens is 1. The molecule has 1 aliphatic heterocycles. The van der Waals surface area contributed by atoms with Gasteiger partial charge in [-0.2, -0.15) is 4.39 Å². The topological polar surface area (TPSA) is 212 Å². The number of ether oxygens (including phenoxy) is 2. The number of carbonyl (C=O) groups excluding carboxylic acids is 2. The molecule has 1 fully saturated rings. The van der Waals surface area contributed by atoms with E-state index in [0.717, 1.165) is 0 Å². The van der Waals surface area contributed by atoms with Crippen LogP contribution in [0.1, 0.15) is 45.8 Å². The van der Waals surface area contributed by atoms with Crippen LogP contribution in [0, 0.1) is 11.7 Å². The molecule has 0 aliphatic carbocycles. The minimum atomic E-state index is -1.68.